The molecule has 0 saturated carbocycles. The van der Waals surface area contributed by atoms with Crippen molar-refractivity contribution in [2.45, 2.75) is 39.7 Å². The van der Waals surface area contributed by atoms with Gasteiger partial charge < -0.3 is 10.1 Å². The minimum Gasteiger partial charge on any atom is -0.492 e. The number of carbonyl (C=O) groups excluding carboxylic acids is 1. The average Bonchev–Trinajstić information content (AvgIpc) is 2.25. The van der Waals surface area contributed by atoms with Crippen LogP contribution in [0.3, 0.4) is 0 Å². The van der Waals surface area contributed by atoms with E-state index in [9.17, 15) is 4.79 Å². The lowest BCUT2D eigenvalue weighted by molar-refractivity contribution is -0.121. The number of hydrogen-bond acceptors (Lipinski definition) is 2. The molecule has 1 rings (SSSR count). The van der Waals surface area contributed by atoms with Crippen molar-refractivity contribution in [1.29, 1.82) is 0 Å². The average molecular weight is 314 g/mol. The Kier molecular flexibility index (Phi) is 6.19. The molecule has 0 atom stereocenters. The molecule has 0 heterocycles. The highest BCUT2D eigenvalue weighted by Gasteiger charge is 2.04. The van der Waals surface area contributed by atoms with Crippen LogP contribution in [0.4, 0.5) is 0 Å². The van der Waals surface area contributed by atoms with E-state index >= 15 is 0 Å². The molecule has 0 radical (unpaired) electrons. The summed E-state index contributed by atoms with van der Waals surface area (Å²) in [6.07, 6.45) is 1.22. The van der Waals surface area contributed by atoms with Crippen LogP contribution in [0.5, 0.6) is 5.75 Å². The van der Waals surface area contributed by atoms with Crippen molar-refractivity contribution in [3.8, 4) is 5.75 Å². The Balaban J connectivity index is 2.27. The molecule has 0 aliphatic rings. The number of rotatable bonds is 6. The summed E-state index contributed by atoms with van der Waals surface area (Å²) in [4.78, 5) is 11.4. The van der Waals surface area contributed by atoms with Gasteiger partial charge >= 0.3 is 0 Å². The van der Waals surface area contributed by atoms with Gasteiger partial charge in [-0.3, -0.25) is 4.79 Å². The number of nitrogens with one attached hydrogen (secondary N) is 1. The van der Waals surface area contributed by atoms with Gasteiger partial charge in [0.15, 0.2) is 0 Å². The second kappa shape index (κ2) is 7.41. The Bertz CT molecular complexity index is 405. The van der Waals surface area contributed by atoms with Crippen LogP contribution in [0.1, 0.15) is 32.3 Å². The van der Waals surface area contributed by atoms with Gasteiger partial charge in [-0.15, -0.1) is 0 Å². The predicted octanol–water partition coefficient (Wildman–Crippen LogP) is 3.44. The normalized spacial score (nSPS) is 10.5. The van der Waals surface area contributed by atoms with Gasteiger partial charge in [0.2, 0.25) is 5.91 Å². The number of ether oxygens (including phenoxy) is 1. The molecule has 100 valence electrons. The quantitative estimate of drug-likeness (QED) is 0.817. The second-order valence-electron chi connectivity index (χ2n) is 4.61. The zero-order chi connectivity index (χ0) is 13.5. The molecule has 0 spiro atoms. The fourth-order valence-corrected chi connectivity index (χ4v) is 2.14. The zero-order valence-corrected chi connectivity index (χ0v) is 12.7. The molecule has 0 aliphatic heterocycles. The molecular formula is C14H20BrNO2. The molecule has 0 bridgehead atoms. The van der Waals surface area contributed by atoms with Crippen LogP contribution in [-0.4, -0.2) is 18.6 Å². The van der Waals surface area contributed by atoms with Crippen LogP contribution < -0.4 is 10.1 Å². The topological polar surface area (TPSA) is 38.3 Å². The monoisotopic (exact) mass is 313 g/mol. The van der Waals surface area contributed by atoms with Crippen molar-refractivity contribution < 1.29 is 9.53 Å². The maximum Gasteiger partial charge on any atom is 0.220 e. The molecule has 0 fully saturated rings. The Labute approximate surface area is 117 Å². The van der Waals surface area contributed by atoms with E-state index < -0.39 is 0 Å². The van der Waals surface area contributed by atoms with E-state index in [0.717, 1.165) is 16.6 Å². The van der Waals surface area contributed by atoms with E-state index in [1.807, 2.05) is 39.0 Å². The molecule has 4 heteroatoms. The van der Waals surface area contributed by atoms with Crippen molar-refractivity contribution in [3.63, 3.8) is 0 Å². The summed E-state index contributed by atoms with van der Waals surface area (Å²) in [6.45, 7) is 6.49. The van der Waals surface area contributed by atoms with Gasteiger partial charge in [-0.1, -0.05) is 6.07 Å². The first-order valence-electron chi connectivity index (χ1n) is 6.17. The SMILES string of the molecule is Cc1ccc(OCCCC(=O)NC(C)C)c(Br)c1. The highest BCUT2D eigenvalue weighted by atomic mass is 79.9. The van der Waals surface area contributed by atoms with E-state index in [1.54, 1.807) is 0 Å². The van der Waals surface area contributed by atoms with Crippen molar-refractivity contribution >= 4 is 21.8 Å². The van der Waals surface area contributed by atoms with Gasteiger partial charge in [0.05, 0.1) is 11.1 Å². The van der Waals surface area contributed by atoms with Gasteiger partial charge in [-0.25, -0.2) is 0 Å². The van der Waals surface area contributed by atoms with Gasteiger partial charge in [0, 0.05) is 12.5 Å². The first-order chi connectivity index (χ1) is 8.49. The Hall–Kier alpha value is -1.03. The largest absolute Gasteiger partial charge is 0.492 e. The molecule has 18 heavy (non-hydrogen) atoms. The molecule has 0 unspecified atom stereocenters. The number of halogens is 1. The lowest BCUT2D eigenvalue weighted by Crippen LogP contribution is -2.30. The molecule has 1 N–H and O–H groups in total. The van der Waals surface area contributed by atoms with E-state index in [0.29, 0.717) is 13.0 Å². The van der Waals surface area contributed by atoms with E-state index in [2.05, 4.69) is 21.2 Å². The molecular weight excluding hydrogens is 294 g/mol. The minimum atomic E-state index is 0.0802. The number of benzene rings is 1. The second-order valence-corrected chi connectivity index (χ2v) is 5.46. The number of amides is 1. The van der Waals surface area contributed by atoms with Gasteiger partial charge in [-0.05, 0) is 60.8 Å². The van der Waals surface area contributed by atoms with Gasteiger partial charge in [0.25, 0.3) is 0 Å². The van der Waals surface area contributed by atoms with E-state index in [-0.39, 0.29) is 11.9 Å². The van der Waals surface area contributed by atoms with Crippen LogP contribution in [0, 0.1) is 6.92 Å². The lowest BCUT2D eigenvalue weighted by atomic mass is 10.2. The minimum absolute atomic E-state index is 0.0802. The summed E-state index contributed by atoms with van der Waals surface area (Å²) in [5, 5.41) is 2.86. The highest BCUT2D eigenvalue weighted by molar-refractivity contribution is 9.10. The van der Waals surface area contributed by atoms with Crippen LogP contribution in [0.25, 0.3) is 0 Å². The van der Waals surface area contributed by atoms with E-state index in [4.69, 9.17) is 4.74 Å². The van der Waals surface area contributed by atoms with Crippen LogP contribution >= 0.6 is 15.9 Å². The van der Waals surface area contributed by atoms with E-state index in [1.165, 1.54) is 5.56 Å². The Morgan fingerprint density at radius 1 is 1.44 bits per heavy atom. The zero-order valence-electron chi connectivity index (χ0n) is 11.1. The van der Waals surface area contributed by atoms with Crippen molar-refractivity contribution in [3.05, 3.63) is 28.2 Å². The standard InChI is InChI=1S/C14H20BrNO2/c1-10(2)16-14(17)5-4-8-18-13-7-6-11(3)9-12(13)15/h6-7,9-10H,4-5,8H2,1-3H3,(H,16,17). The maximum absolute atomic E-state index is 11.4. The summed E-state index contributed by atoms with van der Waals surface area (Å²) in [7, 11) is 0. The van der Waals surface area contributed by atoms with Crippen LogP contribution in [0.15, 0.2) is 22.7 Å². The fraction of sp³-hybridized carbons (Fsp3) is 0.500. The third-order valence-electron chi connectivity index (χ3n) is 2.34. The third kappa shape index (κ3) is 5.54. The number of aryl methyl sites for hydroxylation is 1. The molecule has 0 aliphatic carbocycles. The molecule has 0 saturated heterocycles. The summed E-state index contributed by atoms with van der Waals surface area (Å²) >= 11 is 3.46. The molecule has 1 aromatic carbocycles. The highest BCUT2D eigenvalue weighted by Crippen LogP contribution is 2.25. The number of hydrogen-bond donors (Lipinski definition) is 1. The Morgan fingerprint density at radius 2 is 2.17 bits per heavy atom. The maximum atomic E-state index is 11.4. The molecule has 0 aromatic heterocycles. The van der Waals surface area contributed by atoms with Crippen molar-refractivity contribution in [1.82, 2.24) is 5.32 Å². The summed E-state index contributed by atoms with van der Waals surface area (Å²) in [5.74, 6) is 0.904. The lowest BCUT2D eigenvalue weighted by Gasteiger charge is -2.10. The molecule has 1 amide bonds. The van der Waals surface area contributed by atoms with Crippen LogP contribution in [0.2, 0.25) is 0 Å². The van der Waals surface area contributed by atoms with Crippen LogP contribution in [-0.2, 0) is 4.79 Å². The molecule has 1 aromatic rings. The number of carbonyl (C=O) groups is 1. The Morgan fingerprint density at radius 3 is 2.78 bits per heavy atom. The van der Waals surface area contributed by atoms with Crippen molar-refractivity contribution in [2.24, 2.45) is 0 Å². The van der Waals surface area contributed by atoms with Crippen molar-refractivity contribution in [2.75, 3.05) is 6.61 Å². The van der Waals surface area contributed by atoms with Gasteiger partial charge in [0.1, 0.15) is 5.75 Å². The molecule has 3 nitrogen and oxygen atoms in total. The first kappa shape index (κ1) is 15.0. The first-order valence-corrected chi connectivity index (χ1v) is 6.96. The predicted molar refractivity (Wildman–Crippen MR) is 76.9 cm³/mol. The summed E-state index contributed by atoms with van der Waals surface area (Å²) in [5.41, 5.74) is 1.19. The smallest absolute Gasteiger partial charge is 0.220 e. The summed E-state index contributed by atoms with van der Waals surface area (Å²) < 4.78 is 6.57. The van der Waals surface area contributed by atoms with Gasteiger partial charge in [-0.2, -0.15) is 0 Å². The third-order valence-corrected chi connectivity index (χ3v) is 2.96. The fourth-order valence-electron chi connectivity index (χ4n) is 1.53. The summed E-state index contributed by atoms with van der Waals surface area (Å²) in [6, 6.07) is 6.16.